The van der Waals surface area contributed by atoms with Crippen molar-refractivity contribution in [2.45, 2.75) is 19.2 Å². The maximum absolute atomic E-state index is 12.3. The van der Waals surface area contributed by atoms with E-state index in [1.54, 1.807) is 0 Å². The zero-order chi connectivity index (χ0) is 12.3. The highest BCUT2D eigenvalue weighted by molar-refractivity contribution is 5.69. The average Bonchev–Trinajstić information content (AvgIpc) is 2.16. The maximum atomic E-state index is 12.3. The topological polar surface area (TPSA) is 49.4 Å². The molecule has 0 amide bonds. The summed E-state index contributed by atoms with van der Waals surface area (Å²) in [5.74, 6) is -1.65. The Morgan fingerprint density at radius 3 is 2.56 bits per heavy atom. The van der Waals surface area contributed by atoms with Crippen molar-refractivity contribution < 1.29 is 27.8 Å². The second-order valence-corrected chi connectivity index (χ2v) is 3.10. The fraction of sp³-hybridized carbons (Fsp3) is 0.300. The zero-order valence-corrected chi connectivity index (χ0v) is 8.25. The first-order valence-electron chi connectivity index (χ1n) is 4.35. The lowest BCUT2D eigenvalue weighted by molar-refractivity contribution is -0.312. The predicted molar refractivity (Wildman–Crippen MR) is 46.5 cm³/mol. The van der Waals surface area contributed by atoms with Crippen molar-refractivity contribution in [3.8, 4) is 5.75 Å². The number of carbonyl (C=O) groups is 1. The van der Waals surface area contributed by atoms with Gasteiger partial charge in [-0.2, -0.15) is 13.2 Å². The van der Waals surface area contributed by atoms with Gasteiger partial charge in [-0.15, -0.1) is 0 Å². The Morgan fingerprint density at radius 2 is 2.06 bits per heavy atom. The lowest BCUT2D eigenvalue weighted by Gasteiger charge is -2.16. The number of carboxylic acid groups (broad SMARTS) is 1. The van der Waals surface area contributed by atoms with Gasteiger partial charge in [0.15, 0.2) is 0 Å². The Morgan fingerprint density at radius 1 is 1.44 bits per heavy atom. The molecule has 1 atom stereocenters. The first kappa shape index (κ1) is 12.4. The van der Waals surface area contributed by atoms with Crippen LogP contribution in [0.1, 0.15) is 12.5 Å². The first-order chi connectivity index (χ1) is 7.30. The Labute approximate surface area is 89.5 Å². The Hall–Kier alpha value is -1.72. The largest absolute Gasteiger partial charge is 0.546 e. The van der Waals surface area contributed by atoms with Crippen LogP contribution in [0.4, 0.5) is 13.2 Å². The van der Waals surface area contributed by atoms with Crippen molar-refractivity contribution in [2.75, 3.05) is 0 Å². The first-order valence-corrected chi connectivity index (χ1v) is 4.35. The summed E-state index contributed by atoms with van der Waals surface area (Å²) in [6.07, 6.45) is -5.78. The van der Waals surface area contributed by atoms with E-state index in [1.807, 2.05) is 0 Å². The van der Waals surface area contributed by atoms with Crippen LogP contribution in [0.5, 0.6) is 5.75 Å². The number of rotatable bonds is 3. The van der Waals surface area contributed by atoms with Crippen LogP contribution in [0.2, 0.25) is 0 Å². The van der Waals surface area contributed by atoms with Crippen LogP contribution in [0.3, 0.4) is 0 Å². The fourth-order valence-corrected chi connectivity index (χ4v) is 0.998. The number of hydrogen-bond acceptors (Lipinski definition) is 3. The Kier molecular flexibility index (Phi) is 3.41. The highest BCUT2D eigenvalue weighted by Gasteiger charge is 2.30. The molecule has 0 saturated heterocycles. The molecule has 1 rings (SSSR count). The lowest BCUT2D eigenvalue weighted by Crippen LogP contribution is -2.37. The molecule has 0 aliphatic rings. The molecule has 0 heterocycles. The molecular weight excluding hydrogens is 225 g/mol. The van der Waals surface area contributed by atoms with E-state index in [-0.39, 0.29) is 5.75 Å². The van der Waals surface area contributed by atoms with E-state index in [0.717, 1.165) is 18.2 Å². The molecule has 1 aromatic carbocycles. The predicted octanol–water partition coefficient (Wildman–Crippen LogP) is 1.22. The van der Waals surface area contributed by atoms with E-state index in [9.17, 15) is 23.1 Å². The van der Waals surface area contributed by atoms with Gasteiger partial charge in [0.1, 0.15) is 11.9 Å². The SMILES string of the molecule is C[C@@H](Oc1cccc(C(F)(F)F)c1)C(=O)[O-]. The third-order valence-corrected chi connectivity index (χ3v) is 1.81. The second-order valence-electron chi connectivity index (χ2n) is 3.10. The van der Waals surface area contributed by atoms with Gasteiger partial charge in [0.25, 0.3) is 0 Å². The van der Waals surface area contributed by atoms with E-state index >= 15 is 0 Å². The molecule has 0 unspecified atom stereocenters. The van der Waals surface area contributed by atoms with Crippen molar-refractivity contribution >= 4 is 5.97 Å². The van der Waals surface area contributed by atoms with Crippen molar-refractivity contribution in [1.29, 1.82) is 0 Å². The van der Waals surface area contributed by atoms with Crippen LogP contribution < -0.4 is 9.84 Å². The number of alkyl halides is 3. The van der Waals surface area contributed by atoms with Gasteiger partial charge in [-0.05, 0) is 25.1 Å². The summed E-state index contributed by atoms with van der Waals surface area (Å²) in [6.45, 7) is 1.18. The fourth-order valence-electron chi connectivity index (χ4n) is 0.998. The van der Waals surface area contributed by atoms with Crippen LogP contribution in [-0.2, 0) is 11.0 Å². The quantitative estimate of drug-likeness (QED) is 0.788. The van der Waals surface area contributed by atoms with Crippen LogP contribution in [-0.4, -0.2) is 12.1 Å². The van der Waals surface area contributed by atoms with Crippen molar-refractivity contribution in [3.63, 3.8) is 0 Å². The van der Waals surface area contributed by atoms with Crippen LogP contribution >= 0.6 is 0 Å². The monoisotopic (exact) mass is 233 g/mol. The molecule has 0 N–H and O–H groups in total. The van der Waals surface area contributed by atoms with Gasteiger partial charge in [0.2, 0.25) is 0 Å². The molecule has 0 spiro atoms. The van der Waals surface area contributed by atoms with E-state index in [1.165, 1.54) is 13.0 Å². The summed E-state index contributed by atoms with van der Waals surface area (Å²) in [5, 5.41) is 10.3. The molecule has 88 valence electrons. The summed E-state index contributed by atoms with van der Waals surface area (Å²) >= 11 is 0. The number of ether oxygens (including phenoxy) is 1. The molecule has 0 aliphatic carbocycles. The van der Waals surface area contributed by atoms with Crippen LogP contribution in [0.25, 0.3) is 0 Å². The molecule has 0 saturated carbocycles. The number of carbonyl (C=O) groups excluding carboxylic acids is 1. The lowest BCUT2D eigenvalue weighted by atomic mass is 10.2. The second kappa shape index (κ2) is 4.42. The highest BCUT2D eigenvalue weighted by Crippen LogP contribution is 2.31. The molecule has 0 aromatic heterocycles. The third-order valence-electron chi connectivity index (χ3n) is 1.81. The maximum Gasteiger partial charge on any atom is 0.416 e. The van der Waals surface area contributed by atoms with Crippen molar-refractivity contribution in [1.82, 2.24) is 0 Å². The minimum Gasteiger partial charge on any atom is -0.546 e. The molecule has 1 aromatic rings. The van der Waals surface area contributed by atoms with E-state index in [4.69, 9.17) is 4.74 Å². The average molecular weight is 233 g/mol. The number of aliphatic carboxylic acids is 1. The number of carboxylic acids is 1. The molecule has 0 fully saturated rings. The Bertz CT molecular complexity index is 387. The van der Waals surface area contributed by atoms with Gasteiger partial charge >= 0.3 is 6.18 Å². The molecule has 6 heteroatoms. The zero-order valence-electron chi connectivity index (χ0n) is 8.25. The highest BCUT2D eigenvalue weighted by atomic mass is 19.4. The summed E-state index contributed by atoms with van der Waals surface area (Å²) in [6, 6.07) is 3.99. The normalized spacial score (nSPS) is 13.2. The van der Waals surface area contributed by atoms with Gasteiger partial charge in [0.05, 0.1) is 11.5 Å². The number of benzene rings is 1. The van der Waals surface area contributed by atoms with E-state index < -0.39 is 23.8 Å². The minimum absolute atomic E-state index is 0.161. The number of hydrogen-bond donors (Lipinski definition) is 0. The smallest absolute Gasteiger partial charge is 0.416 e. The summed E-state index contributed by atoms with van der Waals surface area (Å²) in [7, 11) is 0. The van der Waals surface area contributed by atoms with Crippen LogP contribution in [0.15, 0.2) is 24.3 Å². The molecule has 0 aliphatic heterocycles. The summed E-state index contributed by atoms with van der Waals surface area (Å²) in [5.41, 5.74) is -0.893. The van der Waals surface area contributed by atoms with Crippen LogP contribution in [0, 0.1) is 0 Å². The van der Waals surface area contributed by atoms with Crippen molar-refractivity contribution in [2.24, 2.45) is 0 Å². The summed E-state index contributed by atoms with van der Waals surface area (Å²) < 4.78 is 41.6. The third kappa shape index (κ3) is 3.15. The molecular formula is C10H8F3O3-. The van der Waals surface area contributed by atoms with Gasteiger partial charge in [0, 0.05) is 0 Å². The standard InChI is InChI=1S/C10H9F3O3/c1-6(9(14)15)16-8-4-2-3-7(5-8)10(11,12)13/h2-6H,1H3,(H,14,15)/p-1/t6-/m1/s1. The number of halogens is 3. The van der Waals surface area contributed by atoms with Gasteiger partial charge in [-0.1, -0.05) is 6.07 Å². The molecule has 16 heavy (non-hydrogen) atoms. The molecule has 0 radical (unpaired) electrons. The summed E-state index contributed by atoms with van der Waals surface area (Å²) in [4.78, 5) is 10.3. The van der Waals surface area contributed by atoms with Crippen molar-refractivity contribution in [3.05, 3.63) is 29.8 Å². The molecule has 0 bridgehead atoms. The van der Waals surface area contributed by atoms with E-state index in [2.05, 4.69) is 0 Å². The van der Waals surface area contributed by atoms with Gasteiger partial charge in [-0.25, -0.2) is 0 Å². The minimum atomic E-state index is -4.48. The van der Waals surface area contributed by atoms with E-state index in [0.29, 0.717) is 0 Å². The molecule has 3 nitrogen and oxygen atoms in total. The van der Waals surface area contributed by atoms with Gasteiger partial charge in [-0.3, -0.25) is 0 Å². The van der Waals surface area contributed by atoms with Gasteiger partial charge < -0.3 is 14.6 Å². The Balaban J connectivity index is 2.87.